The number of nitrogens with two attached hydrogens (primary N) is 1. The third kappa shape index (κ3) is 15.8. The molecule has 1 saturated carbocycles. The molecule has 74 heavy (non-hydrogen) atoms. The minimum absolute atomic E-state index is 0.0428. The number of aliphatic hydroxyl groups is 3. The molecule has 3 aliphatic rings. The zero-order chi connectivity index (χ0) is 54.2. The Balaban J connectivity index is 1.16. The SMILES string of the molecule is CC(C)C[C@H](NC(=O)[C@H](CO)NC(=O)[C@H](CCC(N)=O)NC(=O)[C@@H](NC(=O)[C@H](CO)NC(=O)[C@H](C)NC(=O)[C@@H]1C[C@@H](O)CN1C(=O)CCC(=O)OCC1c2ccccc2-c2ccccc21)C1CCCCC1)C(=O)O. The number of β-amino-alcohol motifs (C(OH)–C–C–N with tert-alkyl or cyclic N) is 1. The van der Waals surface area contributed by atoms with E-state index in [1.165, 1.54) is 6.92 Å². The summed E-state index contributed by atoms with van der Waals surface area (Å²) in [4.78, 5) is 132. The molecule has 1 saturated heterocycles. The third-order valence-corrected chi connectivity index (χ3v) is 13.5. The Hall–Kier alpha value is -6.98. The number of carboxylic acids is 1. The molecule has 2 aliphatic carbocycles. The molecule has 0 radical (unpaired) electrons. The number of rotatable bonds is 26. The van der Waals surface area contributed by atoms with Crippen LogP contribution in [-0.2, 0) is 52.7 Å². The minimum Gasteiger partial charge on any atom is -0.480 e. The lowest BCUT2D eigenvalue weighted by atomic mass is 9.83. The van der Waals surface area contributed by atoms with Crippen molar-refractivity contribution in [1.29, 1.82) is 0 Å². The second-order valence-corrected chi connectivity index (χ2v) is 19.6. The number of esters is 1. The van der Waals surface area contributed by atoms with Gasteiger partial charge in [0.25, 0.3) is 0 Å². The first-order valence-electron chi connectivity index (χ1n) is 25.1. The van der Waals surface area contributed by atoms with Crippen molar-refractivity contribution in [2.75, 3.05) is 26.4 Å². The number of hydrogen-bond acceptors (Lipinski definition) is 14. The van der Waals surface area contributed by atoms with Crippen molar-refractivity contribution in [3.05, 3.63) is 59.7 Å². The smallest absolute Gasteiger partial charge is 0.326 e. The number of nitrogens with one attached hydrogen (secondary N) is 6. The summed E-state index contributed by atoms with van der Waals surface area (Å²) in [6.45, 7) is 2.66. The molecule has 8 atom stereocenters. The summed E-state index contributed by atoms with van der Waals surface area (Å²) in [5, 5.41) is 54.8. The average molecular weight is 1040 g/mol. The van der Waals surface area contributed by atoms with E-state index in [-0.39, 0.29) is 57.1 Å². The van der Waals surface area contributed by atoms with E-state index in [2.05, 4.69) is 31.9 Å². The number of hydrogen-bond donors (Lipinski definition) is 11. The molecule has 0 unspecified atom stereocenters. The summed E-state index contributed by atoms with van der Waals surface area (Å²) in [7, 11) is 0. The molecule has 8 amide bonds. The number of aliphatic carboxylic acids is 1. The molecule has 2 aromatic carbocycles. The van der Waals surface area contributed by atoms with E-state index >= 15 is 0 Å². The average Bonchev–Trinajstić information content (AvgIpc) is 3.93. The van der Waals surface area contributed by atoms with Crippen LogP contribution >= 0.6 is 0 Å². The van der Waals surface area contributed by atoms with Crippen LogP contribution < -0.4 is 37.6 Å². The zero-order valence-electron chi connectivity index (χ0n) is 41.9. The van der Waals surface area contributed by atoms with Crippen molar-refractivity contribution in [1.82, 2.24) is 36.8 Å². The lowest BCUT2D eigenvalue weighted by Gasteiger charge is -2.32. The van der Waals surface area contributed by atoms with Crippen molar-refractivity contribution >= 4 is 59.2 Å². The van der Waals surface area contributed by atoms with Gasteiger partial charge >= 0.3 is 11.9 Å². The molecule has 12 N–H and O–H groups in total. The number of primary amides is 1. The molecule has 23 nitrogen and oxygen atoms in total. The molecule has 0 bridgehead atoms. The number of carboxylic acid groups (broad SMARTS) is 1. The number of amides is 8. The summed E-state index contributed by atoms with van der Waals surface area (Å²) in [5.74, 6) is -9.97. The van der Waals surface area contributed by atoms with Gasteiger partial charge in [0.1, 0.15) is 48.9 Å². The van der Waals surface area contributed by atoms with Crippen molar-refractivity contribution in [2.45, 2.75) is 146 Å². The highest BCUT2D eigenvalue weighted by atomic mass is 16.5. The van der Waals surface area contributed by atoms with Gasteiger partial charge in [-0.3, -0.25) is 43.2 Å². The van der Waals surface area contributed by atoms with Crippen LogP contribution in [0, 0.1) is 11.8 Å². The fraction of sp³-hybridized carbons (Fsp3) is 0.569. The Bertz CT molecular complexity index is 2330. The van der Waals surface area contributed by atoms with Gasteiger partial charge in [-0.05, 0) is 66.7 Å². The molecule has 0 aromatic heterocycles. The van der Waals surface area contributed by atoms with Gasteiger partial charge in [0.2, 0.25) is 47.3 Å². The van der Waals surface area contributed by atoms with Gasteiger partial charge in [-0.15, -0.1) is 0 Å². The Morgan fingerprint density at radius 1 is 0.676 bits per heavy atom. The van der Waals surface area contributed by atoms with Gasteiger partial charge in [-0.1, -0.05) is 81.6 Å². The highest BCUT2D eigenvalue weighted by Gasteiger charge is 2.41. The number of aliphatic hydroxyl groups excluding tert-OH is 3. The van der Waals surface area contributed by atoms with E-state index in [0.29, 0.717) is 25.7 Å². The molecule has 2 aromatic rings. The Morgan fingerprint density at radius 2 is 1.22 bits per heavy atom. The van der Waals surface area contributed by atoms with Crippen LogP contribution in [0.2, 0.25) is 0 Å². The summed E-state index contributed by atoms with van der Waals surface area (Å²) < 4.78 is 5.62. The maximum Gasteiger partial charge on any atom is 0.326 e. The molecule has 1 heterocycles. The fourth-order valence-electron chi connectivity index (χ4n) is 9.61. The van der Waals surface area contributed by atoms with E-state index < -0.39 is 133 Å². The Labute approximate surface area is 428 Å². The molecule has 23 heteroatoms. The van der Waals surface area contributed by atoms with Crippen LogP contribution in [0.15, 0.2) is 48.5 Å². The van der Waals surface area contributed by atoms with Crippen molar-refractivity contribution in [3.8, 4) is 11.1 Å². The van der Waals surface area contributed by atoms with Crippen LogP contribution in [0.3, 0.4) is 0 Å². The highest BCUT2D eigenvalue weighted by Crippen LogP contribution is 2.44. The molecule has 0 spiro atoms. The van der Waals surface area contributed by atoms with Gasteiger partial charge in [-0.2, -0.15) is 0 Å². The molecule has 5 rings (SSSR count). The third-order valence-electron chi connectivity index (χ3n) is 13.5. The van der Waals surface area contributed by atoms with Gasteiger partial charge in [-0.25, -0.2) is 4.79 Å². The Morgan fingerprint density at radius 3 is 1.78 bits per heavy atom. The van der Waals surface area contributed by atoms with E-state index in [1.807, 2.05) is 48.5 Å². The summed E-state index contributed by atoms with van der Waals surface area (Å²) in [5.41, 5.74) is 9.50. The standard InChI is InChI=1S/C51H70N8O15/c1-27(2)21-37(51(72)73)55-47(68)38(24-60)57-46(67)36(17-18-41(52)63)54-50(71)44(29-11-5-4-6-12-29)58-48(69)39(25-61)56-45(66)28(3)53-49(70)40-22-30(62)23-59(40)42(64)19-20-43(65)74-26-35-33-15-9-7-13-31(33)32-14-8-10-16-34(32)35/h7-10,13-16,27-30,35-40,44,60-62H,4-6,11-12,17-26H2,1-3H3,(H2,52,63)(H,53,70)(H,54,71)(H,55,68)(H,56,66)(H,57,67)(H,58,69)(H,72,73)/t28-,30+,36-,37-,38-,39-,40-,44-/m0/s1. The summed E-state index contributed by atoms with van der Waals surface area (Å²) in [6, 6.07) is 5.48. The predicted molar refractivity (Wildman–Crippen MR) is 264 cm³/mol. The molecule has 2 fully saturated rings. The predicted octanol–water partition coefficient (Wildman–Crippen LogP) is -1.03. The number of fused-ring (bicyclic) bond motifs is 3. The number of likely N-dealkylation sites (tertiary alicyclic amines) is 1. The van der Waals surface area contributed by atoms with E-state index in [0.717, 1.165) is 33.6 Å². The normalized spacial score (nSPS) is 18.8. The van der Waals surface area contributed by atoms with Crippen molar-refractivity contribution in [2.24, 2.45) is 17.6 Å². The summed E-state index contributed by atoms with van der Waals surface area (Å²) in [6.07, 6.45) is 0.454. The summed E-state index contributed by atoms with van der Waals surface area (Å²) >= 11 is 0. The maximum atomic E-state index is 14.1. The van der Waals surface area contributed by atoms with Gasteiger partial charge in [0.15, 0.2) is 0 Å². The monoisotopic (exact) mass is 1030 g/mol. The van der Waals surface area contributed by atoms with Crippen molar-refractivity contribution in [3.63, 3.8) is 0 Å². The second kappa shape index (κ2) is 27.3. The van der Waals surface area contributed by atoms with Gasteiger partial charge in [0, 0.05) is 31.7 Å². The molecule has 1 aliphatic heterocycles. The number of nitrogens with zero attached hydrogens (tertiary/aromatic N) is 1. The van der Waals surface area contributed by atoms with Crippen LogP contribution in [0.25, 0.3) is 11.1 Å². The van der Waals surface area contributed by atoms with Crippen LogP contribution in [0.4, 0.5) is 0 Å². The lowest BCUT2D eigenvalue weighted by Crippen LogP contribution is -2.61. The van der Waals surface area contributed by atoms with Gasteiger partial charge < -0.3 is 67.7 Å². The first kappa shape index (κ1) is 57.9. The fourth-order valence-corrected chi connectivity index (χ4v) is 9.61. The second-order valence-electron chi connectivity index (χ2n) is 19.6. The first-order valence-corrected chi connectivity index (χ1v) is 25.1. The maximum absolute atomic E-state index is 14.1. The van der Waals surface area contributed by atoms with Crippen LogP contribution in [0.1, 0.15) is 108 Å². The van der Waals surface area contributed by atoms with E-state index in [9.17, 15) is 68.4 Å². The topological polar surface area (TPSA) is 362 Å². The van der Waals surface area contributed by atoms with E-state index in [4.69, 9.17) is 10.5 Å². The Kier molecular flexibility index (Phi) is 21.4. The van der Waals surface area contributed by atoms with Crippen LogP contribution in [0.5, 0.6) is 0 Å². The van der Waals surface area contributed by atoms with Crippen LogP contribution in [-0.4, -0.2) is 159 Å². The minimum atomic E-state index is -1.67. The van der Waals surface area contributed by atoms with Gasteiger partial charge in [0.05, 0.1) is 25.7 Å². The first-order chi connectivity index (χ1) is 35.2. The number of ether oxygens (including phenoxy) is 1. The van der Waals surface area contributed by atoms with E-state index in [1.54, 1.807) is 13.8 Å². The van der Waals surface area contributed by atoms with Crippen molar-refractivity contribution < 1.29 is 73.1 Å². The quantitative estimate of drug-likeness (QED) is 0.0502. The molecular formula is C51H70N8O15. The number of benzene rings is 2. The largest absolute Gasteiger partial charge is 0.480 e. The molecular weight excluding hydrogens is 965 g/mol. The zero-order valence-corrected chi connectivity index (χ0v) is 41.9. The molecule has 404 valence electrons. The lowest BCUT2D eigenvalue weighted by molar-refractivity contribution is -0.147. The number of carbonyl (C=O) groups is 10. The number of carbonyl (C=O) groups excluding carboxylic acids is 9. The highest BCUT2D eigenvalue weighted by molar-refractivity contribution is 5.98.